The van der Waals surface area contributed by atoms with Crippen molar-refractivity contribution in [3.63, 3.8) is 0 Å². The van der Waals surface area contributed by atoms with Crippen molar-refractivity contribution in [2.24, 2.45) is 0 Å². The first-order chi connectivity index (χ1) is 13.0. The quantitative estimate of drug-likeness (QED) is 0.597. The van der Waals surface area contributed by atoms with Gasteiger partial charge in [-0.05, 0) is 25.1 Å². The molecule has 0 atom stereocenters. The molecule has 9 heteroatoms. The average molecular weight is 394 g/mol. The lowest BCUT2D eigenvalue weighted by Crippen LogP contribution is -2.40. The first kappa shape index (κ1) is 20.9. The van der Waals surface area contributed by atoms with Crippen molar-refractivity contribution in [3.05, 3.63) is 35.2 Å². The van der Waals surface area contributed by atoms with E-state index in [0.717, 1.165) is 6.42 Å². The smallest absolute Gasteiger partial charge is 0.249 e. The molecule has 0 bridgehead atoms. The Kier molecular flexibility index (Phi) is 8.22. The maximum atomic E-state index is 12.1. The Bertz CT molecular complexity index is 765. The van der Waals surface area contributed by atoms with Gasteiger partial charge in [-0.1, -0.05) is 30.7 Å². The summed E-state index contributed by atoms with van der Waals surface area (Å²) in [5.41, 5.74) is 0.677. The third-order valence-electron chi connectivity index (χ3n) is 3.66. The molecule has 0 saturated carbocycles. The van der Waals surface area contributed by atoms with E-state index in [1.807, 2.05) is 30.0 Å². The highest BCUT2D eigenvalue weighted by molar-refractivity contribution is 6.33. The number of nitrogens with zero attached hydrogens (tertiary/aromatic N) is 3. The maximum absolute atomic E-state index is 12.1. The third kappa shape index (κ3) is 6.99. The molecule has 1 aromatic heterocycles. The molecular formula is C18H24ClN5O3. The normalized spacial score (nSPS) is 10.8. The average Bonchev–Trinajstić information content (AvgIpc) is 3.07. The fourth-order valence-corrected chi connectivity index (χ4v) is 2.70. The molecule has 8 nitrogen and oxygen atoms in total. The van der Waals surface area contributed by atoms with Crippen LogP contribution >= 0.6 is 11.6 Å². The topological polar surface area (TPSA) is 100 Å². The lowest BCUT2D eigenvalue weighted by atomic mass is 10.2. The van der Waals surface area contributed by atoms with Crippen LogP contribution in [-0.4, -0.2) is 53.1 Å². The monoisotopic (exact) mass is 393 g/mol. The minimum absolute atomic E-state index is 0.123. The minimum atomic E-state index is -0.125. The summed E-state index contributed by atoms with van der Waals surface area (Å²) in [4.78, 5) is 24.8. The van der Waals surface area contributed by atoms with Crippen molar-refractivity contribution in [1.29, 1.82) is 0 Å². The van der Waals surface area contributed by atoms with Gasteiger partial charge in [-0.25, -0.2) is 0 Å². The first-order valence-corrected chi connectivity index (χ1v) is 9.18. The van der Waals surface area contributed by atoms with Crippen LogP contribution in [0.25, 0.3) is 11.5 Å². The highest BCUT2D eigenvalue weighted by Gasteiger charge is 2.16. The van der Waals surface area contributed by atoms with Crippen LogP contribution in [0.1, 0.15) is 26.2 Å². The molecule has 2 aromatic rings. The Morgan fingerprint density at radius 3 is 2.63 bits per heavy atom. The van der Waals surface area contributed by atoms with Crippen LogP contribution in [-0.2, 0) is 16.1 Å². The van der Waals surface area contributed by atoms with Crippen molar-refractivity contribution in [1.82, 2.24) is 25.7 Å². The van der Waals surface area contributed by atoms with Gasteiger partial charge in [0.25, 0.3) is 0 Å². The summed E-state index contributed by atoms with van der Waals surface area (Å²) in [6.07, 6.45) is 0.880. The van der Waals surface area contributed by atoms with Gasteiger partial charge >= 0.3 is 0 Å². The van der Waals surface area contributed by atoms with Crippen LogP contribution < -0.4 is 10.6 Å². The van der Waals surface area contributed by atoms with Crippen LogP contribution in [0.15, 0.2) is 28.7 Å². The van der Waals surface area contributed by atoms with Crippen molar-refractivity contribution >= 4 is 23.4 Å². The molecule has 27 heavy (non-hydrogen) atoms. The zero-order chi connectivity index (χ0) is 19.6. The van der Waals surface area contributed by atoms with E-state index in [1.54, 1.807) is 6.07 Å². The van der Waals surface area contributed by atoms with E-state index < -0.39 is 0 Å². The number of carbonyl (C=O) groups excluding carboxylic acids is 2. The Morgan fingerprint density at radius 2 is 1.93 bits per heavy atom. The van der Waals surface area contributed by atoms with Crippen molar-refractivity contribution in [2.75, 3.05) is 26.2 Å². The highest BCUT2D eigenvalue weighted by atomic mass is 35.5. The van der Waals surface area contributed by atoms with E-state index in [1.165, 1.54) is 6.92 Å². The van der Waals surface area contributed by atoms with Gasteiger partial charge in [-0.15, -0.1) is 10.2 Å². The van der Waals surface area contributed by atoms with Crippen LogP contribution in [0, 0.1) is 0 Å². The van der Waals surface area contributed by atoms with E-state index in [-0.39, 0.29) is 18.4 Å². The Morgan fingerprint density at radius 1 is 1.19 bits per heavy atom. The van der Waals surface area contributed by atoms with E-state index in [0.29, 0.717) is 48.5 Å². The van der Waals surface area contributed by atoms with Gasteiger partial charge in [0.2, 0.25) is 23.6 Å². The number of hydrogen-bond acceptors (Lipinski definition) is 6. The molecule has 0 radical (unpaired) electrons. The zero-order valence-corrected chi connectivity index (χ0v) is 16.3. The summed E-state index contributed by atoms with van der Waals surface area (Å²) in [7, 11) is 0. The lowest BCUT2D eigenvalue weighted by molar-refractivity contribution is -0.123. The number of benzene rings is 1. The van der Waals surface area contributed by atoms with Gasteiger partial charge in [0.15, 0.2) is 0 Å². The fraction of sp³-hybridized carbons (Fsp3) is 0.444. The molecule has 0 saturated heterocycles. The standard InChI is InChI=1S/C18H24ClN5O3/c1-3-10-24(11-16(26)21-9-8-20-13(2)25)12-17-22-23-18(27-17)14-6-4-5-7-15(14)19/h4-7H,3,8-12H2,1-2H3,(H,20,25)(H,21,26). The van der Waals surface area contributed by atoms with E-state index in [2.05, 4.69) is 20.8 Å². The number of halogens is 1. The molecule has 146 valence electrons. The first-order valence-electron chi connectivity index (χ1n) is 8.80. The second-order valence-electron chi connectivity index (χ2n) is 6.02. The molecule has 2 amide bonds. The van der Waals surface area contributed by atoms with Crippen LogP contribution in [0.4, 0.5) is 0 Å². The van der Waals surface area contributed by atoms with Gasteiger partial charge in [0.1, 0.15) is 0 Å². The molecule has 0 aliphatic rings. The molecule has 2 N–H and O–H groups in total. The van der Waals surface area contributed by atoms with Crippen LogP contribution in [0.3, 0.4) is 0 Å². The maximum Gasteiger partial charge on any atom is 0.249 e. The van der Waals surface area contributed by atoms with Crippen molar-refractivity contribution in [2.45, 2.75) is 26.8 Å². The van der Waals surface area contributed by atoms with Crippen LogP contribution in [0.5, 0.6) is 0 Å². The predicted molar refractivity (Wildman–Crippen MR) is 102 cm³/mol. The van der Waals surface area contributed by atoms with Crippen molar-refractivity contribution < 1.29 is 14.0 Å². The number of amides is 2. The summed E-state index contributed by atoms with van der Waals surface area (Å²) in [5.74, 6) is 0.526. The number of rotatable bonds is 10. The fourth-order valence-electron chi connectivity index (χ4n) is 2.48. The number of carbonyl (C=O) groups is 2. The summed E-state index contributed by atoms with van der Waals surface area (Å²) in [6.45, 7) is 5.54. The number of hydrogen-bond donors (Lipinski definition) is 2. The van der Waals surface area contributed by atoms with Gasteiger partial charge < -0.3 is 15.1 Å². The lowest BCUT2D eigenvalue weighted by Gasteiger charge is -2.19. The molecule has 1 aromatic carbocycles. The molecule has 0 fully saturated rings. The predicted octanol–water partition coefficient (Wildman–Crippen LogP) is 1.85. The summed E-state index contributed by atoms with van der Waals surface area (Å²) in [6, 6.07) is 7.25. The minimum Gasteiger partial charge on any atom is -0.419 e. The zero-order valence-electron chi connectivity index (χ0n) is 15.5. The Balaban J connectivity index is 1.91. The van der Waals surface area contributed by atoms with E-state index in [9.17, 15) is 9.59 Å². The summed E-state index contributed by atoms with van der Waals surface area (Å²) < 4.78 is 5.71. The Labute approximate surface area is 163 Å². The van der Waals surface area contributed by atoms with Gasteiger partial charge in [0, 0.05) is 20.0 Å². The second-order valence-corrected chi connectivity index (χ2v) is 6.43. The molecule has 0 aliphatic carbocycles. The highest BCUT2D eigenvalue weighted by Crippen LogP contribution is 2.26. The SMILES string of the molecule is CCCN(CC(=O)NCCNC(C)=O)Cc1nnc(-c2ccccc2Cl)o1. The molecule has 0 unspecified atom stereocenters. The molecule has 0 aliphatic heterocycles. The molecular weight excluding hydrogens is 370 g/mol. The third-order valence-corrected chi connectivity index (χ3v) is 3.99. The molecule has 2 rings (SSSR count). The summed E-state index contributed by atoms with van der Waals surface area (Å²) >= 11 is 6.15. The Hall–Kier alpha value is -2.45. The molecule has 0 spiro atoms. The second kappa shape index (κ2) is 10.6. The van der Waals surface area contributed by atoms with Gasteiger partial charge in [-0.2, -0.15) is 0 Å². The summed E-state index contributed by atoms with van der Waals surface area (Å²) in [5, 5.41) is 14.1. The van der Waals surface area contributed by atoms with E-state index >= 15 is 0 Å². The van der Waals surface area contributed by atoms with E-state index in [4.69, 9.17) is 16.0 Å². The van der Waals surface area contributed by atoms with Crippen molar-refractivity contribution in [3.8, 4) is 11.5 Å². The molecule has 1 heterocycles. The van der Waals surface area contributed by atoms with Crippen LogP contribution in [0.2, 0.25) is 5.02 Å². The largest absolute Gasteiger partial charge is 0.419 e. The van der Waals surface area contributed by atoms with Gasteiger partial charge in [-0.3, -0.25) is 14.5 Å². The number of aromatic nitrogens is 2. The number of nitrogens with one attached hydrogen (secondary N) is 2. The van der Waals surface area contributed by atoms with Gasteiger partial charge in [0.05, 0.1) is 23.7 Å².